The third-order valence-corrected chi connectivity index (χ3v) is 5.42. The molecular formula is C17H18N8O3S. The summed E-state index contributed by atoms with van der Waals surface area (Å²) in [6, 6.07) is 1.82. The standard InChI is InChI=1S/C17H18N8O3S/c1-28-16(27)12-6-19-17(29-12)23-15(26)11-3-2-4-24(7-11)13-5-14(21-9-20-13)25-10-18-8-22-25/h5-6,8-11H,2-4,7H2,1H3,(H,19,23,26). The number of aromatic nitrogens is 6. The number of piperidine rings is 1. The lowest BCUT2D eigenvalue weighted by atomic mass is 9.97. The molecule has 11 nitrogen and oxygen atoms in total. The van der Waals surface area contributed by atoms with Crippen molar-refractivity contribution in [2.24, 2.45) is 5.92 Å². The zero-order chi connectivity index (χ0) is 20.2. The monoisotopic (exact) mass is 414 g/mol. The van der Waals surface area contributed by atoms with Gasteiger partial charge in [-0.05, 0) is 12.8 Å². The Morgan fingerprint density at radius 1 is 1.24 bits per heavy atom. The molecule has 1 saturated heterocycles. The molecule has 0 radical (unpaired) electrons. The second-order valence-corrected chi connectivity index (χ2v) is 7.40. The first-order valence-corrected chi connectivity index (χ1v) is 9.72. The van der Waals surface area contributed by atoms with Crippen LogP contribution in [-0.2, 0) is 9.53 Å². The minimum Gasteiger partial charge on any atom is -0.465 e. The molecule has 1 N–H and O–H groups in total. The fraction of sp³-hybridized carbons (Fsp3) is 0.353. The highest BCUT2D eigenvalue weighted by atomic mass is 32.1. The molecule has 1 amide bonds. The number of ether oxygens (including phenoxy) is 1. The number of methoxy groups -OCH3 is 1. The van der Waals surface area contributed by atoms with E-state index in [-0.39, 0.29) is 11.8 Å². The van der Waals surface area contributed by atoms with Gasteiger partial charge in [0.25, 0.3) is 0 Å². The Labute approximate surface area is 169 Å². The van der Waals surface area contributed by atoms with Gasteiger partial charge >= 0.3 is 5.97 Å². The number of nitrogens with zero attached hydrogens (tertiary/aromatic N) is 7. The maximum absolute atomic E-state index is 12.7. The van der Waals surface area contributed by atoms with Crippen molar-refractivity contribution in [1.29, 1.82) is 0 Å². The molecule has 4 heterocycles. The van der Waals surface area contributed by atoms with Crippen LogP contribution in [0.1, 0.15) is 22.5 Å². The molecule has 1 unspecified atom stereocenters. The maximum Gasteiger partial charge on any atom is 0.349 e. The van der Waals surface area contributed by atoms with Gasteiger partial charge in [0.2, 0.25) is 5.91 Å². The van der Waals surface area contributed by atoms with Crippen LogP contribution in [0.25, 0.3) is 5.82 Å². The maximum atomic E-state index is 12.7. The highest BCUT2D eigenvalue weighted by Gasteiger charge is 2.27. The Kier molecular flexibility index (Phi) is 5.42. The number of rotatable bonds is 5. The smallest absolute Gasteiger partial charge is 0.349 e. The SMILES string of the molecule is COC(=O)c1cnc(NC(=O)C2CCCN(c3cc(-n4cncn4)ncn3)C2)s1. The fourth-order valence-electron chi connectivity index (χ4n) is 3.10. The summed E-state index contributed by atoms with van der Waals surface area (Å²) in [4.78, 5) is 43.2. The van der Waals surface area contributed by atoms with Gasteiger partial charge in [0.15, 0.2) is 10.9 Å². The first kappa shape index (κ1) is 18.9. The summed E-state index contributed by atoms with van der Waals surface area (Å²) in [5.74, 6) is 0.506. The van der Waals surface area contributed by atoms with Gasteiger partial charge in [-0.15, -0.1) is 0 Å². The van der Waals surface area contributed by atoms with Crippen molar-refractivity contribution in [1.82, 2.24) is 29.7 Å². The van der Waals surface area contributed by atoms with Gasteiger partial charge in [-0.2, -0.15) is 5.10 Å². The molecule has 1 atom stereocenters. The highest BCUT2D eigenvalue weighted by molar-refractivity contribution is 7.17. The van der Waals surface area contributed by atoms with Gasteiger partial charge in [-0.1, -0.05) is 11.3 Å². The van der Waals surface area contributed by atoms with E-state index in [1.165, 1.54) is 26.0 Å². The number of thiazole rings is 1. The predicted molar refractivity (Wildman–Crippen MR) is 104 cm³/mol. The van der Waals surface area contributed by atoms with Crippen LogP contribution in [0, 0.1) is 5.92 Å². The zero-order valence-electron chi connectivity index (χ0n) is 15.6. The lowest BCUT2D eigenvalue weighted by Gasteiger charge is -2.32. The lowest BCUT2D eigenvalue weighted by Crippen LogP contribution is -2.41. The Morgan fingerprint density at radius 3 is 2.90 bits per heavy atom. The Balaban J connectivity index is 1.43. The van der Waals surface area contributed by atoms with E-state index in [1.54, 1.807) is 11.0 Å². The van der Waals surface area contributed by atoms with Gasteiger partial charge in [0.1, 0.15) is 29.7 Å². The summed E-state index contributed by atoms with van der Waals surface area (Å²) in [5, 5.41) is 7.25. The molecule has 0 aromatic carbocycles. The van der Waals surface area contributed by atoms with Crippen molar-refractivity contribution in [2.75, 3.05) is 30.4 Å². The van der Waals surface area contributed by atoms with E-state index in [0.29, 0.717) is 22.4 Å². The van der Waals surface area contributed by atoms with Crippen LogP contribution in [0.4, 0.5) is 10.9 Å². The number of carbonyl (C=O) groups is 2. The van der Waals surface area contributed by atoms with Crippen LogP contribution in [0.3, 0.4) is 0 Å². The van der Waals surface area contributed by atoms with Crippen molar-refractivity contribution >= 4 is 34.2 Å². The minimum absolute atomic E-state index is 0.133. The van der Waals surface area contributed by atoms with Gasteiger partial charge in [0, 0.05) is 19.2 Å². The lowest BCUT2D eigenvalue weighted by molar-refractivity contribution is -0.120. The second-order valence-electron chi connectivity index (χ2n) is 6.37. The van der Waals surface area contributed by atoms with Gasteiger partial charge in [-0.3, -0.25) is 4.79 Å². The molecule has 3 aromatic rings. The Hall–Kier alpha value is -3.41. The summed E-state index contributed by atoms with van der Waals surface area (Å²) < 4.78 is 6.22. The molecule has 0 spiro atoms. The van der Waals surface area contributed by atoms with E-state index in [0.717, 1.165) is 36.5 Å². The number of hydrogen-bond donors (Lipinski definition) is 1. The third kappa shape index (κ3) is 4.21. The van der Waals surface area contributed by atoms with Gasteiger partial charge in [-0.25, -0.2) is 29.4 Å². The van der Waals surface area contributed by atoms with Crippen molar-refractivity contribution in [3.8, 4) is 5.82 Å². The second kappa shape index (κ2) is 8.31. The van der Waals surface area contributed by atoms with E-state index < -0.39 is 5.97 Å². The largest absolute Gasteiger partial charge is 0.465 e. The van der Waals surface area contributed by atoms with E-state index in [1.807, 2.05) is 6.07 Å². The third-order valence-electron chi connectivity index (χ3n) is 4.53. The molecule has 4 rings (SSSR count). The summed E-state index contributed by atoms with van der Waals surface area (Å²) in [6.07, 6.45) is 7.48. The first-order chi connectivity index (χ1) is 14.1. The molecule has 150 valence electrons. The van der Waals surface area contributed by atoms with E-state index in [9.17, 15) is 9.59 Å². The van der Waals surface area contributed by atoms with E-state index >= 15 is 0 Å². The van der Waals surface area contributed by atoms with Crippen molar-refractivity contribution < 1.29 is 14.3 Å². The average Bonchev–Trinajstić information content (AvgIpc) is 3.46. The van der Waals surface area contributed by atoms with Crippen LogP contribution in [0.2, 0.25) is 0 Å². The van der Waals surface area contributed by atoms with Gasteiger partial charge in [0.05, 0.1) is 19.2 Å². The molecule has 0 saturated carbocycles. The fourth-order valence-corrected chi connectivity index (χ4v) is 3.83. The number of amides is 1. The molecule has 12 heteroatoms. The summed E-state index contributed by atoms with van der Waals surface area (Å²) in [7, 11) is 1.30. The molecular weight excluding hydrogens is 396 g/mol. The molecule has 3 aromatic heterocycles. The summed E-state index contributed by atoms with van der Waals surface area (Å²) in [6.45, 7) is 1.32. The topological polar surface area (TPSA) is 128 Å². The average molecular weight is 414 g/mol. The number of anilines is 2. The highest BCUT2D eigenvalue weighted by Crippen LogP contribution is 2.25. The Bertz CT molecular complexity index is 1010. The number of carbonyl (C=O) groups excluding carboxylic acids is 2. The first-order valence-electron chi connectivity index (χ1n) is 8.91. The van der Waals surface area contributed by atoms with Crippen molar-refractivity contribution in [2.45, 2.75) is 12.8 Å². The summed E-state index contributed by atoms with van der Waals surface area (Å²) >= 11 is 1.09. The predicted octanol–water partition coefficient (Wildman–Crippen LogP) is 1.16. The van der Waals surface area contributed by atoms with Crippen molar-refractivity contribution in [3.63, 3.8) is 0 Å². The molecule has 1 fully saturated rings. The van der Waals surface area contributed by atoms with Crippen LogP contribution in [0.15, 0.2) is 31.2 Å². The van der Waals surface area contributed by atoms with E-state index in [2.05, 4.69) is 40.0 Å². The number of nitrogens with one attached hydrogen (secondary N) is 1. The van der Waals surface area contributed by atoms with Crippen molar-refractivity contribution in [3.05, 3.63) is 36.1 Å². The Morgan fingerprint density at radius 2 is 2.10 bits per heavy atom. The molecule has 29 heavy (non-hydrogen) atoms. The van der Waals surface area contributed by atoms with Crippen LogP contribution in [-0.4, -0.2) is 61.8 Å². The van der Waals surface area contributed by atoms with Crippen LogP contribution < -0.4 is 10.2 Å². The van der Waals surface area contributed by atoms with Crippen LogP contribution in [0.5, 0.6) is 0 Å². The quantitative estimate of drug-likeness (QED) is 0.611. The molecule has 0 bridgehead atoms. The van der Waals surface area contributed by atoms with Crippen LogP contribution >= 0.6 is 11.3 Å². The molecule has 1 aliphatic heterocycles. The number of hydrogen-bond acceptors (Lipinski definition) is 10. The van der Waals surface area contributed by atoms with E-state index in [4.69, 9.17) is 0 Å². The zero-order valence-corrected chi connectivity index (χ0v) is 16.4. The molecule has 0 aliphatic carbocycles. The number of esters is 1. The minimum atomic E-state index is -0.473. The van der Waals surface area contributed by atoms with Gasteiger partial charge < -0.3 is 15.0 Å². The normalized spacial score (nSPS) is 16.4. The summed E-state index contributed by atoms with van der Waals surface area (Å²) in [5.41, 5.74) is 0. The molecule has 1 aliphatic rings.